The minimum absolute atomic E-state index is 0.0599. The van der Waals surface area contributed by atoms with E-state index in [1.54, 1.807) is 18.9 Å². The van der Waals surface area contributed by atoms with Crippen LogP contribution in [0.2, 0.25) is 0 Å². The van der Waals surface area contributed by atoms with Crippen molar-refractivity contribution < 1.29 is 9.59 Å². The Balaban J connectivity index is 3.81. The van der Waals surface area contributed by atoms with Crippen molar-refractivity contribution in [2.75, 3.05) is 26.7 Å². The quantitative estimate of drug-likeness (QED) is 0.644. The highest BCUT2D eigenvalue weighted by Crippen LogP contribution is 1.93. The van der Waals surface area contributed by atoms with Crippen molar-refractivity contribution in [1.82, 2.24) is 15.5 Å². The molecule has 1 atom stereocenters. The number of hydrogen-bond acceptors (Lipinski definition) is 3. The summed E-state index contributed by atoms with van der Waals surface area (Å²) in [4.78, 5) is 24.6. The zero-order chi connectivity index (χ0) is 12.6. The van der Waals surface area contributed by atoms with Crippen LogP contribution < -0.4 is 10.6 Å². The van der Waals surface area contributed by atoms with Gasteiger partial charge in [0.2, 0.25) is 11.8 Å². The molecule has 0 radical (unpaired) electrons. The molecule has 0 saturated carbocycles. The minimum Gasteiger partial charge on any atom is -0.358 e. The molecule has 0 aromatic rings. The van der Waals surface area contributed by atoms with Crippen LogP contribution in [0.4, 0.5) is 0 Å². The van der Waals surface area contributed by atoms with E-state index >= 15 is 0 Å². The van der Waals surface area contributed by atoms with Gasteiger partial charge in [0.05, 0.1) is 6.04 Å². The number of carbonyl (C=O) groups is 2. The van der Waals surface area contributed by atoms with Crippen molar-refractivity contribution in [2.45, 2.75) is 33.2 Å². The zero-order valence-corrected chi connectivity index (χ0v) is 10.7. The fourth-order valence-corrected chi connectivity index (χ4v) is 1.44. The van der Waals surface area contributed by atoms with Gasteiger partial charge in [0.25, 0.3) is 0 Å². The third-order valence-corrected chi connectivity index (χ3v) is 2.55. The fourth-order valence-electron chi connectivity index (χ4n) is 1.44. The van der Waals surface area contributed by atoms with E-state index in [9.17, 15) is 9.59 Å². The maximum Gasteiger partial charge on any atom is 0.236 e. The Kier molecular flexibility index (Phi) is 7.54. The molecule has 2 amide bonds. The number of likely N-dealkylation sites (N-methyl/N-ethyl adjacent to an activating group) is 1. The van der Waals surface area contributed by atoms with Crippen LogP contribution in [0.1, 0.15) is 27.2 Å². The van der Waals surface area contributed by atoms with Gasteiger partial charge in [0.15, 0.2) is 0 Å². The first-order valence-electron chi connectivity index (χ1n) is 5.79. The van der Waals surface area contributed by atoms with E-state index in [1.807, 2.05) is 13.8 Å². The van der Waals surface area contributed by atoms with E-state index in [2.05, 4.69) is 10.6 Å². The third kappa shape index (κ3) is 5.11. The molecule has 1 unspecified atom stereocenters. The van der Waals surface area contributed by atoms with Crippen LogP contribution >= 0.6 is 0 Å². The van der Waals surface area contributed by atoms with Crippen LogP contribution in [0, 0.1) is 0 Å². The van der Waals surface area contributed by atoms with Crippen molar-refractivity contribution in [3.8, 4) is 0 Å². The molecule has 0 aliphatic heterocycles. The van der Waals surface area contributed by atoms with E-state index in [4.69, 9.17) is 0 Å². The van der Waals surface area contributed by atoms with Crippen molar-refractivity contribution in [3.63, 3.8) is 0 Å². The lowest BCUT2D eigenvalue weighted by molar-refractivity contribution is -0.131. The molecule has 16 heavy (non-hydrogen) atoms. The standard InChI is InChI=1S/C11H23N3O2/c1-5-14(6-2)10(15)7-8-13-9(3)11(16)12-4/h9,13H,5-8H2,1-4H3,(H,12,16). The van der Waals surface area contributed by atoms with Crippen LogP contribution in [0.15, 0.2) is 0 Å². The Labute approximate surface area is 97.6 Å². The zero-order valence-electron chi connectivity index (χ0n) is 10.7. The summed E-state index contributed by atoms with van der Waals surface area (Å²) in [5.41, 5.74) is 0. The van der Waals surface area contributed by atoms with Gasteiger partial charge in [-0.05, 0) is 20.8 Å². The third-order valence-electron chi connectivity index (χ3n) is 2.55. The smallest absolute Gasteiger partial charge is 0.236 e. The molecular formula is C11H23N3O2. The van der Waals surface area contributed by atoms with Crippen LogP contribution in [0.25, 0.3) is 0 Å². The van der Waals surface area contributed by atoms with Gasteiger partial charge >= 0.3 is 0 Å². The topological polar surface area (TPSA) is 61.4 Å². The predicted molar refractivity (Wildman–Crippen MR) is 64.1 cm³/mol. The average Bonchev–Trinajstić information content (AvgIpc) is 2.29. The second kappa shape index (κ2) is 8.10. The number of amides is 2. The number of rotatable bonds is 7. The number of hydrogen-bond donors (Lipinski definition) is 2. The van der Waals surface area contributed by atoms with Crippen LogP contribution in [0.3, 0.4) is 0 Å². The first-order chi connectivity index (χ1) is 7.56. The van der Waals surface area contributed by atoms with Gasteiger partial charge in [0.1, 0.15) is 0 Å². The van der Waals surface area contributed by atoms with Crippen LogP contribution in [-0.2, 0) is 9.59 Å². The van der Waals surface area contributed by atoms with Gasteiger partial charge in [-0.15, -0.1) is 0 Å². The molecule has 0 heterocycles. The summed E-state index contributed by atoms with van der Waals surface area (Å²) in [5, 5.41) is 5.56. The molecule has 0 aromatic carbocycles. The summed E-state index contributed by atoms with van der Waals surface area (Å²) in [5.74, 6) is 0.0666. The van der Waals surface area contributed by atoms with Gasteiger partial charge in [-0.1, -0.05) is 0 Å². The van der Waals surface area contributed by atoms with E-state index in [1.165, 1.54) is 0 Å². The Hall–Kier alpha value is -1.10. The van der Waals surface area contributed by atoms with Crippen molar-refractivity contribution in [3.05, 3.63) is 0 Å². The summed E-state index contributed by atoms with van der Waals surface area (Å²) in [6, 6.07) is -0.255. The first-order valence-corrected chi connectivity index (χ1v) is 5.79. The SMILES string of the molecule is CCN(CC)C(=O)CCNC(C)C(=O)NC. The molecule has 94 valence electrons. The summed E-state index contributed by atoms with van der Waals surface area (Å²) in [7, 11) is 1.60. The monoisotopic (exact) mass is 229 g/mol. The van der Waals surface area contributed by atoms with E-state index < -0.39 is 0 Å². The second-order valence-electron chi connectivity index (χ2n) is 3.61. The van der Waals surface area contributed by atoms with Crippen LogP contribution in [0.5, 0.6) is 0 Å². The fraction of sp³-hybridized carbons (Fsp3) is 0.818. The molecule has 0 rings (SSSR count). The second-order valence-corrected chi connectivity index (χ2v) is 3.61. The van der Waals surface area contributed by atoms with E-state index in [0.29, 0.717) is 13.0 Å². The molecule has 5 nitrogen and oxygen atoms in total. The van der Waals surface area contributed by atoms with E-state index in [0.717, 1.165) is 13.1 Å². The van der Waals surface area contributed by atoms with Gasteiger partial charge in [-0.25, -0.2) is 0 Å². The average molecular weight is 229 g/mol. The highest BCUT2D eigenvalue weighted by atomic mass is 16.2. The molecule has 0 aliphatic carbocycles. The van der Waals surface area contributed by atoms with Crippen LogP contribution in [-0.4, -0.2) is 49.4 Å². The Bertz CT molecular complexity index is 227. The largest absolute Gasteiger partial charge is 0.358 e. The molecule has 0 bridgehead atoms. The first kappa shape index (κ1) is 14.9. The number of nitrogens with one attached hydrogen (secondary N) is 2. The maximum absolute atomic E-state index is 11.6. The molecular weight excluding hydrogens is 206 g/mol. The number of carbonyl (C=O) groups excluding carboxylic acids is 2. The minimum atomic E-state index is -0.255. The molecule has 0 fully saturated rings. The molecule has 0 aromatic heterocycles. The lowest BCUT2D eigenvalue weighted by atomic mass is 10.3. The van der Waals surface area contributed by atoms with Crippen molar-refractivity contribution >= 4 is 11.8 Å². The molecule has 0 aliphatic rings. The van der Waals surface area contributed by atoms with Gasteiger partial charge in [0, 0.05) is 33.1 Å². The Morgan fingerprint density at radius 2 is 1.81 bits per heavy atom. The van der Waals surface area contributed by atoms with Gasteiger partial charge < -0.3 is 15.5 Å². The number of nitrogens with zero attached hydrogens (tertiary/aromatic N) is 1. The van der Waals surface area contributed by atoms with Gasteiger partial charge in [-0.2, -0.15) is 0 Å². The Morgan fingerprint density at radius 1 is 1.25 bits per heavy atom. The lowest BCUT2D eigenvalue weighted by Crippen LogP contribution is -2.42. The summed E-state index contributed by atoms with van der Waals surface area (Å²) < 4.78 is 0. The predicted octanol–water partition coefficient (Wildman–Crippen LogP) is -0.0310. The highest BCUT2D eigenvalue weighted by molar-refractivity contribution is 5.81. The highest BCUT2D eigenvalue weighted by Gasteiger charge is 2.12. The van der Waals surface area contributed by atoms with E-state index in [-0.39, 0.29) is 17.9 Å². The lowest BCUT2D eigenvalue weighted by Gasteiger charge is -2.19. The normalized spacial score (nSPS) is 12.0. The molecule has 2 N–H and O–H groups in total. The van der Waals surface area contributed by atoms with Crippen molar-refractivity contribution in [1.29, 1.82) is 0 Å². The maximum atomic E-state index is 11.6. The summed E-state index contributed by atoms with van der Waals surface area (Å²) in [6.07, 6.45) is 0.434. The summed E-state index contributed by atoms with van der Waals surface area (Å²) >= 11 is 0. The summed E-state index contributed by atoms with van der Waals surface area (Å²) in [6.45, 7) is 7.70. The van der Waals surface area contributed by atoms with Gasteiger partial charge in [-0.3, -0.25) is 9.59 Å². The van der Waals surface area contributed by atoms with Crippen molar-refractivity contribution in [2.24, 2.45) is 0 Å². The molecule has 5 heteroatoms. The molecule has 0 saturated heterocycles. The Morgan fingerprint density at radius 3 is 2.25 bits per heavy atom. The molecule has 0 spiro atoms.